The topological polar surface area (TPSA) is 202 Å². The molecule has 0 radical (unpaired) electrons. The number of carboxylic acid groups (broad SMARTS) is 2. The number of ether oxygens (including phenoxy) is 2. The monoisotopic (exact) mass is 921 g/mol. The minimum atomic E-state index is -1.58. The second-order valence-corrected chi connectivity index (χ2v) is 18.9. The summed E-state index contributed by atoms with van der Waals surface area (Å²) in [6.45, 7) is 4.27. The summed E-state index contributed by atoms with van der Waals surface area (Å²) in [5.74, 6) is -4.61. The standard InChI is InChI=1S/C50H84N2O11S/c1-3-5-7-9-11-13-15-17-19-21-23-25-27-29-47(56)62-39-43(63-48(57)30-28-26-24-22-20-18-16-14-12-10-8-6-4-2)40-64(61)38-37-45(53)51-42-33-31-41(32-34-42)49(58)52-44(50(59)60)35-36-46(54)55/h31-34,43-44H,3-30,35-40H2,1-2H3,(H,51,53)(H,52,58)(H,54,55)(H,59,60)/t43?,44-,64?/m0/s1. The number of anilines is 1. The van der Waals surface area contributed by atoms with Crippen molar-refractivity contribution in [1.29, 1.82) is 0 Å². The molecule has 0 heterocycles. The number of hydrogen-bond acceptors (Lipinski definition) is 9. The minimum Gasteiger partial charge on any atom is -0.481 e. The van der Waals surface area contributed by atoms with Crippen LogP contribution in [0.25, 0.3) is 0 Å². The lowest BCUT2D eigenvalue weighted by Crippen LogP contribution is -2.41. The lowest BCUT2D eigenvalue weighted by atomic mass is 10.0. The minimum absolute atomic E-state index is 0.0287. The van der Waals surface area contributed by atoms with Gasteiger partial charge in [-0.05, 0) is 43.5 Å². The van der Waals surface area contributed by atoms with Crippen LogP contribution in [0.15, 0.2) is 24.3 Å². The molecule has 0 saturated carbocycles. The average Bonchev–Trinajstić information content (AvgIpc) is 3.26. The van der Waals surface area contributed by atoms with Crippen LogP contribution in [-0.4, -0.2) is 80.4 Å². The van der Waals surface area contributed by atoms with Gasteiger partial charge in [0.1, 0.15) is 18.8 Å². The predicted molar refractivity (Wildman–Crippen MR) is 255 cm³/mol. The molecule has 0 aromatic heterocycles. The van der Waals surface area contributed by atoms with Crippen molar-refractivity contribution >= 4 is 52.2 Å². The number of hydrogen-bond donors (Lipinski definition) is 4. The number of unbranched alkanes of at least 4 members (excludes halogenated alkanes) is 24. The second kappa shape index (κ2) is 39.5. The highest BCUT2D eigenvalue weighted by Gasteiger charge is 2.23. The van der Waals surface area contributed by atoms with E-state index >= 15 is 0 Å². The molecule has 0 fully saturated rings. The first-order valence-corrected chi connectivity index (χ1v) is 26.3. The summed E-state index contributed by atoms with van der Waals surface area (Å²) in [4.78, 5) is 73.1. The van der Waals surface area contributed by atoms with E-state index in [1.165, 1.54) is 140 Å². The van der Waals surface area contributed by atoms with Crippen LogP contribution in [-0.2, 0) is 44.2 Å². The van der Waals surface area contributed by atoms with Crippen molar-refractivity contribution in [2.75, 3.05) is 23.4 Å². The molecule has 13 nitrogen and oxygen atoms in total. The SMILES string of the molecule is CCCCCCCCCCCCCCCC(=O)OCC(CS(=O)CCC(=O)Nc1ccc(C(=O)N[C@@H](CCC(=O)O)C(=O)O)cc1)OC(=O)CCCCCCCCCCCCCCC. The highest BCUT2D eigenvalue weighted by atomic mass is 32.2. The molecule has 1 aromatic carbocycles. The summed E-state index contributed by atoms with van der Waals surface area (Å²) in [6.07, 6.45) is 29.8. The summed E-state index contributed by atoms with van der Waals surface area (Å²) < 4.78 is 24.4. The van der Waals surface area contributed by atoms with Gasteiger partial charge in [0.25, 0.3) is 5.91 Å². The predicted octanol–water partition coefficient (Wildman–Crippen LogP) is 11.2. The number of nitrogens with one attached hydrogen (secondary N) is 2. The van der Waals surface area contributed by atoms with Gasteiger partial charge in [-0.15, -0.1) is 0 Å². The smallest absolute Gasteiger partial charge is 0.326 e. The first-order chi connectivity index (χ1) is 30.9. The maximum absolute atomic E-state index is 13.2. The quantitative estimate of drug-likeness (QED) is 0.0358. The number of esters is 2. The third-order valence-electron chi connectivity index (χ3n) is 11.3. The summed E-state index contributed by atoms with van der Waals surface area (Å²) in [7, 11) is -1.58. The highest BCUT2D eigenvalue weighted by Crippen LogP contribution is 2.16. The zero-order chi connectivity index (χ0) is 47.0. The fourth-order valence-corrected chi connectivity index (χ4v) is 8.54. The van der Waals surface area contributed by atoms with Gasteiger partial charge < -0.3 is 30.3 Å². The molecule has 0 spiro atoms. The van der Waals surface area contributed by atoms with Gasteiger partial charge in [0.2, 0.25) is 5.91 Å². The molecule has 1 rings (SSSR count). The van der Waals surface area contributed by atoms with Gasteiger partial charge in [-0.3, -0.25) is 28.2 Å². The Morgan fingerprint density at radius 2 is 1.02 bits per heavy atom. The van der Waals surface area contributed by atoms with Gasteiger partial charge >= 0.3 is 23.9 Å². The van der Waals surface area contributed by atoms with Crippen molar-refractivity contribution in [2.45, 2.75) is 225 Å². The lowest BCUT2D eigenvalue weighted by molar-refractivity contribution is -0.157. The van der Waals surface area contributed by atoms with Gasteiger partial charge in [0.15, 0.2) is 0 Å². The molecule has 2 unspecified atom stereocenters. The number of amides is 2. The van der Waals surface area contributed by atoms with Gasteiger partial charge in [-0.25, -0.2) is 4.79 Å². The van der Waals surface area contributed by atoms with E-state index in [1.54, 1.807) is 0 Å². The normalized spacial score (nSPS) is 12.5. The molecule has 0 bridgehead atoms. The molecule has 2 amide bonds. The van der Waals surface area contributed by atoms with E-state index < -0.39 is 59.1 Å². The van der Waals surface area contributed by atoms with Crippen LogP contribution in [0.5, 0.6) is 0 Å². The van der Waals surface area contributed by atoms with E-state index in [-0.39, 0.29) is 55.3 Å². The van der Waals surface area contributed by atoms with E-state index in [4.69, 9.17) is 14.6 Å². The van der Waals surface area contributed by atoms with Crippen LogP contribution >= 0.6 is 0 Å². The Labute approximate surface area is 387 Å². The fourth-order valence-electron chi connectivity index (χ4n) is 7.39. The van der Waals surface area contributed by atoms with Crippen LogP contribution in [0.3, 0.4) is 0 Å². The molecule has 64 heavy (non-hydrogen) atoms. The largest absolute Gasteiger partial charge is 0.481 e. The number of rotatable bonds is 43. The third kappa shape index (κ3) is 33.7. The third-order valence-corrected chi connectivity index (χ3v) is 12.7. The molecular formula is C50H84N2O11S. The number of carbonyl (C=O) groups is 6. The van der Waals surface area contributed by atoms with Crippen molar-refractivity contribution in [1.82, 2.24) is 5.32 Å². The van der Waals surface area contributed by atoms with Crippen LogP contribution in [0, 0.1) is 0 Å². The molecule has 0 aliphatic rings. The number of benzene rings is 1. The first-order valence-electron chi connectivity index (χ1n) is 24.8. The van der Waals surface area contributed by atoms with Gasteiger partial charge in [0.05, 0.1) is 5.75 Å². The van der Waals surface area contributed by atoms with E-state index in [0.29, 0.717) is 12.1 Å². The Balaban J connectivity index is 2.55. The van der Waals surface area contributed by atoms with Crippen LogP contribution in [0.4, 0.5) is 5.69 Å². The molecule has 0 aliphatic carbocycles. The molecule has 1 aromatic rings. The Morgan fingerprint density at radius 1 is 0.578 bits per heavy atom. The van der Waals surface area contributed by atoms with Crippen molar-refractivity contribution in [3.8, 4) is 0 Å². The van der Waals surface area contributed by atoms with Gasteiger partial charge in [-0.2, -0.15) is 0 Å². The maximum Gasteiger partial charge on any atom is 0.326 e. The Hall–Kier alpha value is -3.81. The molecule has 366 valence electrons. The Kier molecular flexibility index (Phi) is 36.0. The summed E-state index contributed by atoms with van der Waals surface area (Å²) in [5.41, 5.74) is 0.462. The van der Waals surface area contributed by atoms with E-state index in [0.717, 1.165) is 44.9 Å². The maximum atomic E-state index is 13.2. The zero-order valence-electron chi connectivity index (χ0n) is 39.5. The van der Waals surface area contributed by atoms with Crippen molar-refractivity contribution in [3.63, 3.8) is 0 Å². The number of carbonyl (C=O) groups excluding carboxylic acids is 4. The van der Waals surface area contributed by atoms with Crippen LogP contribution in [0.2, 0.25) is 0 Å². The summed E-state index contributed by atoms with van der Waals surface area (Å²) in [5, 5.41) is 23.1. The van der Waals surface area contributed by atoms with Crippen LogP contribution < -0.4 is 10.6 Å². The number of carboxylic acids is 2. The van der Waals surface area contributed by atoms with E-state index in [9.17, 15) is 38.1 Å². The van der Waals surface area contributed by atoms with Gasteiger partial charge in [-0.1, -0.05) is 168 Å². The summed E-state index contributed by atoms with van der Waals surface area (Å²) >= 11 is 0. The molecule has 0 saturated heterocycles. The number of aliphatic carboxylic acids is 2. The average molecular weight is 921 g/mol. The molecular weight excluding hydrogens is 837 g/mol. The fraction of sp³-hybridized carbons (Fsp3) is 0.760. The van der Waals surface area contributed by atoms with Crippen LogP contribution in [0.1, 0.15) is 223 Å². The highest BCUT2D eigenvalue weighted by molar-refractivity contribution is 7.85. The van der Waals surface area contributed by atoms with E-state index in [1.807, 2.05) is 0 Å². The lowest BCUT2D eigenvalue weighted by Gasteiger charge is -2.18. The first kappa shape index (κ1) is 58.2. The second-order valence-electron chi connectivity index (χ2n) is 17.3. The molecule has 3 atom stereocenters. The molecule has 14 heteroatoms. The van der Waals surface area contributed by atoms with Crippen molar-refractivity contribution in [2.24, 2.45) is 0 Å². The van der Waals surface area contributed by atoms with Crippen molar-refractivity contribution < 1.29 is 52.7 Å². The molecule has 0 aliphatic heterocycles. The Morgan fingerprint density at radius 3 is 1.45 bits per heavy atom. The summed E-state index contributed by atoms with van der Waals surface area (Å²) in [6, 6.07) is 4.30. The van der Waals surface area contributed by atoms with Gasteiger partial charge in [0, 0.05) is 53.5 Å². The van der Waals surface area contributed by atoms with E-state index in [2.05, 4.69) is 24.5 Å². The Bertz CT molecular complexity index is 1460. The van der Waals surface area contributed by atoms with Crippen molar-refractivity contribution in [3.05, 3.63) is 29.8 Å². The zero-order valence-corrected chi connectivity index (χ0v) is 40.3. The molecule has 4 N–H and O–H groups in total.